The number of thiazole rings is 1. The first-order valence-electron chi connectivity index (χ1n) is 8.65. The second-order valence-corrected chi connectivity index (χ2v) is 7.51. The largest absolute Gasteiger partial charge is 0.416 e. The second-order valence-electron chi connectivity index (χ2n) is 6.50. The van der Waals surface area contributed by atoms with Crippen LogP contribution in [0, 0.1) is 10.1 Å². The number of halogens is 3. The minimum atomic E-state index is -4.46. The van der Waals surface area contributed by atoms with Crippen molar-refractivity contribution in [1.29, 1.82) is 0 Å². The molecule has 154 valence electrons. The Morgan fingerprint density at radius 3 is 2.57 bits per heavy atom. The molecule has 1 aromatic heterocycles. The first kappa shape index (κ1) is 19.8. The number of nitrogens with zero attached hydrogens (tertiary/aromatic N) is 4. The molecule has 2 heterocycles. The fourth-order valence-electron chi connectivity index (χ4n) is 3.00. The lowest BCUT2D eigenvalue weighted by atomic mass is 10.2. The summed E-state index contributed by atoms with van der Waals surface area (Å²) in [5, 5.41) is 10.7. The van der Waals surface area contributed by atoms with E-state index in [1.807, 2.05) is 0 Å². The van der Waals surface area contributed by atoms with Gasteiger partial charge in [0.2, 0.25) is 0 Å². The molecular weight excluding hydrogens is 421 g/mol. The summed E-state index contributed by atoms with van der Waals surface area (Å²) in [6, 6.07) is 10.6. The average Bonchev–Trinajstić information content (AvgIpc) is 3.03. The number of non-ortho nitro benzene ring substituents is 1. The van der Waals surface area contributed by atoms with E-state index in [0.29, 0.717) is 20.6 Å². The van der Waals surface area contributed by atoms with Crippen LogP contribution in [0.15, 0.2) is 58.3 Å². The maximum absolute atomic E-state index is 13.0. The lowest BCUT2D eigenvalue weighted by molar-refractivity contribution is -0.384. The van der Waals surface area contributed by atoms with Crippen molar-refractivity contribution in [2.24, 2.45) is 4.99 Å². The average molecular weight is 434 g/mol. The Balaban J connectivity index is 1.65. The molecule has 3 aromatic rings. The van der Waals surface area contributed by atoms with Crippen LogP contribution in [0.4, 0.5) is 24.5 Å². The molecule has 0 saturated carbocycles. The van der Waals surface area contributed by atoms with Gasteiger partial charge in [0.05, 0.1) is 15.0 Å². The van der Waals surface area contributed by atoms with E-state index < -0.39 is 16.7 Å². The highest BCUT2D eigenvalue weighted by atomic mass is 32.1. The summed E-state index contributed by atoms with van der Waals surface area (Å²) in [6.45, 7) is 0.196. The lowest BCUT2D eigenvalue weighted by Gasteiger charge is -2.26. The number of fused-ring (bicyclic) bond motifs is 1. The van der Waals surface area contributed by atoms with Gasteiger partial charge in [0.25, 0.3) is 11.2 Å². The van der Waals surface area contributed by atoms with Gasteiger partial charge >= 0.3 is 6.18 Å². The van der Waals surface area contributed by atoms with Crippen LogP contribution in [-0.2, 0) is 12.8 Å². The number of aromatic nitrogens is 1. The van der Waals surface area contributed by atoms with Gasteiger partial charge in [-0.2, -0.15) is 13.2 Å². The Morgan fingerprint density at radius 2 is 1.90 bits per heavy atom. The number of rotatable bonds is 3. The smallest absolute Gasteiger partial charge is 0.334 e. The first-order chi connectivity index (χ1) is 14.2. The maximum atomic E-state index is 13.0. The molecular formula is C19H13F3N4O3S. The summed E-state index contributed by atoms with van der Waals surface area (Å²) in [7, 11) is 0. The molecule has 2 aromatic carbocycles. The predicted octanol–water partition coefficient (Wildman–Crippen LogP) is 2.72. The fourth-order valence-corrected chi connectivity index (χ4v) is 3.96. The fraction of sp³-hybridized carbons (Fsp3) is 0.158. The molecule has 0 amide bonds. The van der Waals surface area contributed by atoms with Gasteiger partial charge < -0.3 is 4.90 Å². The zero-order chi connectivity index (χ0) is 21.5. The topological polar surface area (TPSA) is 80.7 Å². The molecule has 4 rings (SSSR count). The zero-order valence-corrected chi connectivity index (χ0v) is 16.0. The van der Waals surface area contributed by atoms with Gasteiger partial charge in [-0.3, -0.25) is 19.5 Å². The van der Waals surface area contributed by atoms with Gasteiger partial charge in [0.15, 0.2) is 4.80 Å². The van der Waals surface area contributed by atoms with Gasteiger partial charge in [-0.15, -0.1) is 0 Å². The Bertz CT molecular complexity index is 1300. The molecule has 11 heteroatoms. The highest BCUT2D eigenvalue weighted by Crippen LogP contribution is 2.31. The maximum Gasteiger partial charge on any atom is 0.416 e. The van der Waals surface area contributed by atoms with Crippen molar-refractivity contribution in [2.45, 2.75) is 12.8 Å². The van der Waals surface area contributed by atoms with Crippen LogP contribution >= 0.6 is 11.3 Å². The standard InChI is InChI=1S/C19H13F3N4O3S/c20-19(21,22)13-2-1-3-15(9-13)24-10-23-18-25(11-24)17(27)16(30-18)8-12-4-6-14(7-5-12)26(28)29/h1-9H,10-11H2/b16-8-. The number of nitro benzene ring substituents is 1. The van der Waals surface area contributed by atoms with Crippen molar-refractivity contribution < 1.29 is 18.1 Å². The zero-order valence-electron chi connectivity index (χ0n) is 15.2. The molecule has 0 bridgehead atoms. The van der Waals surface area contributed by atoms with Gasteiger partial charge in [0, 0.05) is 17.8 Å². The van der Waals surface area contributed by atoms with E-state index in [1.165, 1.54) is 41.0 Å². The Labute approximate surface area is 170 Å². The van der Waals surface area contributed by atoms with E-state index >= 15 is 0 Å². The van der Waals surface area contributed by atoms with E-state index in [1.54, 1.807) is 11.0 Å². The van der Waals surface area contributed by atoms with Crippen molar-refractivity contribution in [3.8, 4) is 0 Å². The van der Waals surface area contributed by atoms with Crippen LogP contribution in [0.1, 0.15) is 11.1 Å². The molecule has 1 aliphatic heterocycles. The lowest BCUT2D eigenvalue weighted by Crippen LogP contribution is -2.42. The van der Waals surface area contributed by atoms with Crippen molar-refractivity contribution in [1.82, 2.24) is 4.57 Å². The highest BCUT2D eigenvalue weighted by molar-refractivity contribution is 7.07. The minimum Gasteiger partial charge on any atom is -0.334 e. The third-order valence-electron chi connectivity index (χ3n) is 4.52. The van der Waals surface area contributed by atoms with Gasteiger partial charge in [-0.25, -0.2) is 4.99 Å². The molecule has 0 saturated heterocycles. The molecule has 30 heavy (non-hydrogen) atoms. The summed E-state index contributed by atoms with van der Waals surface area (Å²) in [4.78, 5) is 29.4. The summed E-state index contributed by atoms with van der Waals surface area (Å²) in [6.07, 6.45) is -2.85. The van der Waals surface area contributed by atoms with E-state index in [4.69, 9.17) is 0 Å². The monoisotopic (exact) mass is 434 g/mol. The van der Waals surface area contributed by atoms with Gasteiger partial charge in [-0.05, 0) is 42.0 Å². The molecule has 1 aliphatic rings. The molecule has 0 fully saturated rings. The third kappa shape index (κ3) is 3.83. The van der Waals surface area contributed by atoms with Gasteiger partial charge in [0.1, 0.15) is 13.3 Å². The van der Waals surface area contributed by atoms with Crippen LogP contribution in [0.2, 0.25) is 0 Å². The third-order valence-corrected chi connectivity index (χ3v) is 5.56. The molecule has 7 nitrogen and oxygen atoms in total. The number of hydrogen-bond acceptors (Lipinski definition) is 6. The molecule has 0 spiro atoms. The number of nitro groups is 1. The van der Waals surface area contributed by atoms with Crippen molar-refractivity contribution in [2.75, 3.05) is 11.6 Å². The SMILES string of the molecule is O=c1/c(=C/c2ccc([N+](=O)[O-])cc2)sc2n1CN(c1cccc(C(F)(F)F)c1)CN=2. The molecule has 0 aliphatic carbocycles. The van der Waals surface area contributed by atoms with Crippen LogP contribution in [0.25, 0.3) is 6.08 Å². The summed E-state index contributed by atoms with van der Waals surface area (Å²) in [5.41, 5.74) is -0.213. The predicted molar refractivity (Wildman–Crippen MR) is 105 cm³/mol. The van der Waals surface area contributed by atoms with Gasteiger partial charge in [-0.1, -0.05) is 17.4 Å². The van der Waals surface area contributed by atoms with Crippen LogP contribution in [0.3, 0.4) is 0 Å². The van der Waals surface area contributed by atoms with E-state index in [-0.39, 0.29) is 24.6 Å². The molecule has 0 atom stereocenters. The first-order valence-corrected chi connectivity index (χ1v) is 9.46. The van der Waals surface area contributed by atoms with Crippen LogP contribution in [0.5, 0.6) is 0 Å². The van der Waals surface area contributed by atoms with E-state index in [9.17, 15) is 28.1 Å². The van der Waals surface area contributed by atoms with Crippen LogP contribution in [-0.4, -0.2) is 16.2 Å². The molecule has 0 radical (unpaired) electrons. The number of hydrogen-bond donors (Lipinski definition) is 0. The van der Waals surface area contributed by atoms with E-state index in [2.05, 4.69) is 4.99 Å². The van der Waals surface area contributed by atoms with E-state index in [0.717, 1.165) is 23.5 Å². The number of benzene rings is 2. The van der Waals surface area contributed by atoms with Crippen molar-refractivity contribution >= 4 is 28.8 Å². The highest BCUT2D eigenvalue weighted by Gasteiger charge is 2.31. The summed E-state index contributed by atoms with van der Waals surface area (Å²) >= 11 is 1.16. The van der Waals surface area contributed by atoms with Crippen molar-refractivity contribution in [3.05, 3.63) is 89.5 Å². The molecule has 0 unspecified atom stereocenters. The second kappa shape index (κ2) is 7.41. The Hall–Kier alpha value is -3.47. The minimum absolute atomic E-state index is 0.0546. The summed E-state index contributed by atoms with van der Waals surface area (Å²) in [5.74, 6) is 0. The normalized spacial score (nSPS) is 14.4. The van der Waals surface area contributed by atoms with Crippen molar-refractivity contribution in [3.63, 3.8) is 0 Å². The number of alkyl halides is 3. The quantitative estimate of drug-likeness (QED) is 0.469. The molecule has 0 N–H and O–H groups in total. The Morgan fingerprint density at radius 1 is 1.17 bits per heavy atom. The number of anilines is 1. The van der Waals surface area contributed by atoms with Crippen LogP contribution < -0.4 is 19.8 Å². The summed E-state index contributed by atoms with van der Waals surface area (Å²) < 4.78 is 40.7. The Kier molecular flexibility index (Phi) is 4.90.